The Kier molecular flexibility index (Phi) is 3.96. The molecular formula is C15H15ClFNO. The maximum Gasteiger partial charge on any atom is 0.142 e. The predicted octanol–water partition coefficient (Wildman–Crippen LogP) is 4.41. The van der Waals surface area contributed by atoms with E-state index < -0.39 is 5.82 Å². The van der Waals surface area contributed by atoms with Gasteiger partial charge in [-0.15, -0.1) is 0 Å². The molecule has 0 aromatic heterocycles. The average Bonchev–Trinajstić information content (AvgIpc) is 2.36. The topological polar surface area (TPSA) is 32.3 Å². The summed E-state index contributed by atoms with van der Waals surface area (Å²) in [6.45, 7) is 4.24. The van der Waals surface area contributed by atoms with E-state index in [1.165, 1.54) is 6.07 Å². The molecule has 2 aromatic rings. The van der Waals surface area contributed by atoms with E-state index in [2.05, 4.69) is 5.32 Å². The van der Waals surface area contributed by atoms with Gasteiger partial charge in [-0.3, -0.25) is 0 Å². The largest absolute Gasteiger partial charge is 0.508 e. The Balaban J connectivity index is 2.14. The third-order valence-electron chi connectivity index (χ3n) is 3.01. The van der Waals surface area contributed by atoms with Gasteiger partial charge in [-0.2, -0.15) is 0 Å². The minimum Gasteiger partial charge on any atom is -0.508 e. The number of aryl methyl sites for hydroxylation is 2. The molecule has 19 heavy (non-hydrogen) atoms. The zero-order chi connectivity index (χ0) is 14.0. The first-order valence-electron chi connectivity index (χ1n) is 5.95. The second kappa shape index (κ2) is 5.49. The first-order chi connectivity index (χ1) is 8.97. The molecule has 0 saturated heterocycles. The molecule has 0 amide bonds. The number of benzene rings is 2. The fraction of sp³-hybridized carbons (Fsp3) is 0.200. The fourth-order valence-electron chi connectivity index (χ4n) is 1.84. The SMILES string of the molecule is Cc1cc(NCc2ccc(Cl)c(F)c2)c(C)cc1O. The van der Waals surface area contributed by atoms with E-state index in [1.807, 2.05) is 19.9 Å². The molecule has 0 radical (unpaired) electrons. The van der Waals surface area contributed by atoms with Crippen LogP contribution in [-0.4, -0.2) is 5.11 Å². The highest BCUT2D eigenvalue weighted by Crippen LogP contribution is 2.25. The van der Waals surface area contributed by atoms with Gasteiger partial charge in [0.1, 0.15) is 11.6 Å². The van der Waals surface area contributed by atoms with Crippen LogP contribution in [0.15, 0.2) is 30.3 Å². The van der Waals surface area contributed by atoms with E-state index >= 15 is 0 Å². The molecule has 0 fully saturated rings. The van der Waals surface area contributed by atoms with Crippen LogP contribution in [0.4, 0.5) is 10.1 Å². The van der Waals surface area contributed by atoms with Crippen molar-refractivity contribution in [1.29, 1.82) is 0 Å². The maximum absolute atomic E-state index is 13.3. The molecule has 0 saturated carbocycles. The van der Waals surface area contributed by atoms with Gasteiger partial charge in [0.2, 0.25) is 0 Å². The van der Waals surface area contributed by atoms with Crippen molar-refractivity contribution in [3.63, 3.8) is 0 Å². The molecular weight excluding hydrogens is 265 g/mol. The predicted molar refractivity (Wildman–Crippen MR) is 76.3 cm³/mol. The van der Waals surface area contributed by atoms with Gasteiger partial charge >= 0.3 is 0 Å². The number of phenols is 1. The van der Waals surface area contributed by atoms with E-state index in [4.69, 9.17) is 11.6 Å². The molecule has 4 heteroatoms. The van der Waals surface area contributed by atoms with Gasteiger partial charge in [-0.25, -0.2) is 4.39 Å². The Bertz CT molecular complexity index is 613. The number of halogens is 2. The van der Waals surface area contributed by atoms with Crippen molar-refractivity contribution in [2.24, 2.45) is 0 Å². The van der Waals surface area contributed by atoms with Gasteiger partial charge in [0.15, 0.2) is 0 Å². The average molecular weight is 280 g/mol. The van der Waals surface area contributed by atoms with E-state index in [9.17, 15) is 9.50 Å². The third-order valence-corrected chi connectivity index (χ3v) is 3.32. The highest BCUT2D eigenvalue weighted by atomic mass is 35.5. The van der Waals surface area contributed by atoms with Gasteiger partial charge in [-0.05, 0) is 54.8 Å². The minimum absolute atomic E-state index is 0.125. The second-order valence-electron chi connectivity index (χ2n) is 4.56. The molecule has 0 atom stereocenters. The molecule has 0 aliphatic carbocycles. The summed E-state index contributed by atoms with van der Waals surface area (Å²) in [5.74, 6) is -0.139. The van der Waals surface area contributed by atoms with Crippen LogP contribution in [0.25, 0.3) is 0 Å². The fourth-order valence-corrected chi connectivity index (χ4v) is 1.96. The Morgan fingerprint density at radius 1 is 1.16 bits per heavy atom. The first kappa shape index (κ1) is 13.7. The number of hydrogen-bond acceptors (Lipinski definition) is 2. The van der Waals surface area contributed by atoms with Crippen molar-refractivity contribution in [3.8, 4) is 5.75 Å². The van der Waals surface area contributed by atoms with Gasteiger partial charge in [0, 0.05) is 12.2 Å². The number of aromatic hydroxyl groups is 1. The van der Waals surface area contributed by atoms with E-state index in [0.717, 1.165) is 22.4 Å². The van der Waals surface area contributed by atoms with Crippen LogP contribution in [0.1, 0.15) is 16.7 Å². The Labute approximate surface area is 116 Å². The number of nitrogens with one attached hydrogen (secondary N) is 1. The van der Waals surface area contributed by atoms with Crippen molar-refractivity contribution >= 4 is 17.3 Å². The van der Waals surface area contributed by atoms with Gasteiger partial charge in [0.05, 0.1) is 5.02 Å². The van der Waals surface area contributed by atoms with Crippen LogP contribution in [0.5, 0.6) is 5.75 Å². The van der Waals surface area contributed by atoms with Crippen molar-refractivity contribution in [1.82, 2.24) is 0 Å². The van der Waals surface area contributed by atoms with E-state index in [-0.39, 0.29) is 10.8 Å². The molecule has 2 rings (SSSR count). The molecule has 100 valence electrons. The number of anilines is 1. The molecule has 2 N–H and O–H groups in total. The molecule has 0 unspecified atom stereocenters. The van der Waals surface area contributed by atoms with Crippen molar-refractivity contribution in [2.45, 2.75) is 20.4 Å². The first-order valence-corrected chi connectivity index (χ1v) is 6.33. The lowest BCUT2D eigenvalue weighted by Gasteiger charge is -2.12. The number of phenolic OH excluding ortho intramolecular Hbond substituents is 1. The molecule has 0 bridgehead atoms. The molecule has 0 heterocycles. The van der Waals surface area contributed by atoms with Gasteiger partial charge in [0.25, 0.3) is 0 Å². The summed E-state index contributed by atoms with van der Waals surface area (Å²) in [7, 11) is 0. The highest BCUT2D eigenvalue weighted by Gasteiger charge is 2.05. The summed E-state index contributed by atoms with van der Waals surface area (Å²) >= 11 is 5.64. The van der Waals surface area contributed by atoms with Crippen molar-refractivity contribution < 1.29 is 9.50 Å². The summed E-state index contributed by atoms with van der Waals surface area (Å²) in [6.07, 6.45) is 0. The molecule has 2 aromatic carbocycles. The van der Waals surface area contributed by atoms with Crippen LogP contribution < -0.4 is 5.32 Å². The van der Waals surface area contributed by atoms with Crippen LogP contribution in [0, 0.1) is 19.7 Å². The zero-order valence-electron chi connectivity index (χ0n) is 10.8. The quantitative estimate of drug-likeness (QED) is 0.816. The zero-order valence-corrected chi connectivity index (χ0v) is 11.6. The maximum atomic E-state index is 13.3. The Hall–Kier alpha value is -1.74. The lowest BCUT2D eigenvalue weighted by atomic mass is 10.1. The molecule has 0 spiro atoms. The Morgan fingerprint density at radius 3 is 2.58 bits per heavy atom. The van der Waals surface area contributed by atoms with Crippen LogP contribution in [0.2, 0.25) is 5.02 Å². The van der Waals surface area contributed by atoms with Crippen LogP contribution in [0.3, 0.4) is 0 Å². The summed E-state index contributed by atoms with van der Waals surface area (Å²) in [5, 5.41) is 12.9. The summed E-state index contributed by atoms with van der Waals surface area (Å²) in [6, 6.07) is 8.32. The van der Waals surface area contributed by atoms with Crippen molar-refractivity contribution in [3.05, 3.63) is 57.9 Å². The summed E-state index contributed by atoms with van der Waals surface area (Å²) in [4.78, 5) is 0. The summed E-state index contributed by atoms with van der Waals surface area (Å²) in [5.41, 5.74) is 3.48. The lowest BCUT2D eigenvalue weighted by molar-refractivity contribution is 0.471. The monoisotopic (exact) mass is 279 g/mol. The molecule has 2 nitrogen and oxygen atoms in total. The minimum atomic E-state index is -0.417. The summed E-state index contributed by atoms with van der Waals surface area (Å²) < 4.78 is 13.3. The van der Waals surface area contributed by atoms with Crippen molar-refractivity contribution in [2.75, 3.05) is 5.32 Å². The normalized spacial score (nSPS) is 10.5. The Morgan fingerprint density at radius 2 is 1.89 bits per heavy atom. The van der Waals surface area contributed by atoms with Crippen LogP contribution >= 0.6 is 11.6 Å². The van der Waals surface area contributed by atoms with Crippen LogP contribution in [-0.2, 0) is 6.54 Å². The third kappa shape index (κ3) is 3.18. The second-order valence-corrected chi connectivity index (χ2v) is 4.96. The van der Waals surface area contributed by atoms with E-state index in [0.29, 0.717) is 6.54 Å². The lowest BCUT2D eigenvalue weighted by Crippen LogP contribution is -2.02. The van der Waals surface area contributed by atoms with Gasteiger partial charge in [-0.1, -0.05) is 17.7 Å². The standard InChI is InChI=1S/C15H15ClFNO/c1-9-6-15(19)10(2)5-14(9)18-8-11-3-4-12(16)13(17)7-11/h3-7,18-19H,8H2,1-2H3. The molecule has 0 aliphatic heterocycles. The smallest absolute Gasteiger partial charge is 0.142 e. The highest BCUT2D eigenvalue weighted by molar-refractivity contribution is 6.30. The van der Waals surface area contributed by atoms with Gasteiger partial charge < -0.3 is 10.4 Å². The number of hydrogen-bond donors (Lipinski definition) is 2. The van der Waals surface area contributed by atoms with E-state index in [1.54, 1.807) is 18.2 Å². The number of rotatable bonds is 3. The molecule has 0 aliphatic rings.